The third kappa shape index (κ3) is 4.35. The first kappa shape index (κ1) is 16.1. The van der Waals surface area contributed by atoms with Gasteiger partial charge in [0.05, 0.1) is 0 Å². The number of amides is 2. The lowest BCUT2D eigenvalue weighted by atomic mass is 10.1. The van der Waals surface area contributed by atoms with Crippen LogP contribution in [0.4, 0.5) is 10.5 Å². The highest BCUT2D eigenvalue weighted by molar-refractivity contribution is 9.10. The molecule has 1 atom stereocenters. The van der Waals surface area contributed by atoms with Crippen LogP contribution in [0.25, 0.3) is 0 Å². The maximum atomic E-state index is 12.8. The van der Waals surface area contributed by atoms with Gasteiger partial charge in [0.25, 0.3) is 0 Å². The Balaban J connectivity index is 1.73. The van der Waals surface area contributed by atoms with Crippen LogP contribution in [-0.2, 0) is 6.54 Å². The number of halogens is 1. The van der Waals surface area contributed by atoms with Gasteiger partial charge < -0.3 is 10.2 Å². The summed E-state index contributed by atoms with van der Waals surface area (Å²) in [4.78, 5) is 14.7. The average molecular weight is 373 g/mol. The molecular weight excluding hydrogens is 352 g/mol. The minimum Gasteiger partial charge on any atom is -0.317 e. The van der Waals surface area contributed by atoms with Gasteiger partial charge in [0.15, 0.2) is 0 Å². The summed E-state index contributed by atoms with van der Waals surface area (Å²) in [6.07, 6.45) is 2.44. The van der Waals surface area contributed by atoms with Gasteiger partial charge in [0, 0.05) is 22.7 Å². The highest BCUT2D eigenvalue weighted by Gasteiger charge is 2.34. The number of hydrogen-bond donors (Lipinski definition) is 1. The summed E-state index contributed by atoms with van der Waals surface area (Å²) in [6, 6.07) is 18.1. The Labute approximate surface area is 145 Å². The topological polar surface area (TPSA) is 32.3 Å². The number of rotatable bonds is 5. The Morgan fingerprint density at radius 1 is 1.17 bits per heavy atom. The van der Waals surface area contributed by atoms with Gasteiger partial charge >= 0.3 is 6.03 Å². The van der Waals surface area contributed by atoms with Crippen molar-refractivity contribution in [2.45, 2.75) is 32.4 Å². The van der Waals surface area contributed by atoms with Crippen molar-refractivity contribution < 1.29 is 4.79 Å². The summed E-state index contributed by atoms with van der Waals surface area (Å²) in [6.45, 7) is 2.79. The van der Waals surface area contributed by atoms with Gasteiger partial charge in [-0.2, -0.15) is 0 Å². The molecule has 1 fully saturated rings. The molecule has 0 saturated heterocycles. The van der Waals surface area contributed by atoms with Crippen molar-refractivity contribution in [1.82, 2.24) is 4.90 Å². The van der Waals surface area contributed by atoms with Crippen molar-refractivity contribution in [3.63, 3.8) is 0 Å². The van der Waals surface area contributed by atoms with Crippen molar-refractivity contribution in [2.75, 3.05) is 5.32 Å². The van der Waals surface area contributed by atoms with Gasteiger partial charge in [0.1, 0.15) is 0 Å². The second kappa shape index (κ2) is 7.18. The number of benzene rings is 2. The Kier molecular flexibility index (Phi) is 5.01. The summed E-state index contributed by atoms with van der Waals surface area (Å²) in [7, 11) is 0. The summed E-state index contributed by atoms with van der Waals surface area (Å²) in [5.41, 5.74) is 1.98. The first-order valence-corrected chi connectivity index (χ1v) is 8.80. The maximum absolute atomic E-state index is 12.8. The molecular formula is C19H21BrN2O. The quantitative estimate of drug-likeness (QED) is 0.760. The summed E-state index contributed by atoms with van der Waals surface area (Å²) in [5, 5.41) is 3.02. The molecule has 0 aliphatic heterocycles. The Morgan fingerprint density at radius 2 is 1.83 bits per heavy atom. The van der Waals surface area contributed by atoms with Crippen molar-refractivity contribution >= 4 is 27.6 Å². The molecule has 23 heavy (non-hydrogen) atoms. The van der Waals surface area contributed by atoms with Crippen LogP contribution in [0.5, 0.6) is 0 Å². The van der Waals surface area contributed by atoms with E-state index in [-0.39, 0.29) is 12.1 Å². The lowest BCUT2D eigenvalue weighted by molar-refractivity contribution is 0.181. The molecule has 0 bridgehead atoms. The molecule has 3 rings (SSSR count). The molecule has 0 radical (unpaired) electrons. The van der Waals surface area contributed by atoms with Crippen molar-refractivity contribution in [1.29, 1.82) is 0 Å². The van der Waals surface area contributed by atoms with Gasteiger partial charge in [-0.3, -0.25) is 0 Å². The molecule has 2 aromatic rings. The Morgan fingerprint density at radius 3 is 2.43 bits per heavy atom. The van der Waals surface area contributed by atoms with Crippen molar-refractivity contribution in [3.8, 4) is 0 Å². The minimum atomic E-state index is -0.0319. The fourth-order valence-electron chi connectivity index (χ4n) is 2.74. The van der Waals surface area contributed by atoms with E-state index >= 15 is 0 Å². The predicted octanol–water partition coefficient (Wildman–Crippen LogP) is 5.28. The minimum absolute atomic E-state index is 0.0319. The summed E-state index contributed by atoms with van der Waals surface area (Å²) < 4.78 is 1.00. The van der Waals surface area contributed by atoms with Gasteiger partial charge in [-0.1, -0.05) is 46.3 Å². The summed E-state index contributed by atoms with van der Waals surface area (Å²) in [5.74, 6) is 0.634. The van der Waals surface area contributed by atoms with E-state index in [4.69, 9.17) is 0 Å². The molecule has 2 aromatic carbocycles. The van der Waals surface area contributed by atoms with Crippen LogP contribution in [-0.4, -0.2) is 17.0 Å². The zero-order valence-corrected chi connectivity index (χ0v) is 14.8. The molecule has 0 aromatic heterocycles. The Hall–Kier alpha value is -1.81. The summed E-state index contributed by atoms with van der Waals surface area (Å²) >= 11 is 3.41. The van der Waals surface area contributed by atoms with E-state index in [0.717, 1.165) is 15.7 Å². The normalized spacial score (nSPS) is 15.0. The van der Waals surface area contributed by atoms with Gasteiger partial charge in [-0.05, 0) is 55.5 Å². The third-order valence-electron chi connectivity index (χ3n) is 4.35. The average Bonchev–Trinajstić information content (AvgIpc) is 3.40. The van der Waals surface area contributed by atoms with E-state index in [0.29, 0.717) is 12.5 Å². The second-order valence-corrected chi connectivity index (χ2v) is 7.04. The van der Waals surface area contributed by atoms with E-state index in [1.807, 2.05) is 47.4 Å². The maximum Gasteiger partial charge on any atom is 0.322 e. The third-order valence-corrected chi connectivity index (χ3v) is 4.88. The molecule has 0 spiro atoms. The molecule has 3 nitrogen and oxygen atoms in total. The number of urea groups is 1. The highest BCUT2D eigenvalue weighted by Crippen LogP contribution is 2.36. The molecule has 120 valence electrons. The van der Waals surface area contributed by atoms with Crippen LogP contribution in [0.1, 0.15) is 25.3 Å². The molecule has 1 N–H and O–H groups in total. The highest BCUT2D eigenvalue weighted by atomic mass is 79.9. The molecule has 0 heterocycles. The largest absolute Gasteiger partial charge is 0.322 e. The van der Waals surface area contributed by atoms with Gasteiger partial charge in [-0.15, -0.1) is 0 Å². The Bertz CT molecular complexity index is 653. The predicted molar refractivity (Wildman–Crippen MR) is 97.3 cm³/mol. The van der Waals surface area contributed by atoms with Gasteiger partial charge in [0.2, 0.25) is 0 Å². The monoisotopic (exact) mass is 372 g/mol. The number of anilines is 1. The van der Waals surface area contributed by atoms with E-state index in [9.17, 15) is 4.79 Å². The van der Waals surface area contributed by atoms with Crippen LogP contribution < -0.4 is 5.32 Å². The number of nitrogens with one attached hydrogen (secondary N) is 1. The van der Waals surface area contributed by atoms with Crippen LogP contribution in [0.2, 0.25) is 0 Å². The zero-order chi connectivity index (χ0) is 16.2. The lowest BCUT2D eigenvalue weighted by Crippen LogP contribution is -2.42. The second-order valence-electron chi connectivity index (χ2n) is 6.13. The standard InChI is InChI=1S/C19H21BrN2O/c1-14(16-7-8-16)22(13-15-5-3-2-4-6-15)19(23)21-18-11-9-17(20)10-12-18/h2-6,9-12,14,16H,7-8,13H2,1H3,(H,21,23). The fraction of sp³-hybridized carbons (Fsp3) is 0.316. The molecule has 1 aliphatic carbocycles. The number of hydrogen-bond acceptors (Lipinski definition) is 1. The molecule has 1 aliphatic rings. The molecule has 4 heteroatoms. The van der Waals surface area contributed by atoms with Crippen molar-refractivity contribution in [3.05, 3.63) is 64.6 Å². The van der Waals surface area contributed by atoms with Crippen LogP contribution >= 0.6 is 15.9 Å². The van der Waals surface area contributed by atoms with Crippen LogP contribution in [0.3, 0.4) is 0 Å². The van der Waals surface area contributed by atoms with Crippen molar-refractivity contribution in [2.24, 2.45) is 5.92 Å². The first-order chi connectivity index (χ1) is 11.1. The van der Waals surface area contributed by atoms with E-state index in [2.05, 4.69) is 40.3 Å². The van der Waals surface area contributed by atoms with E-state index in [1.165, 1.54) is 12.8 Å². The zero-order valence-electron chi connectivity index (χ0n) is 13.2. The van der Waals surface area contributed by atoms with E-state index in [1.54, 1.807) is 0 Å². The lowest BCUT2D eigenvalue weighted by Gasteiger charge is -2.29. The smallest absolute Gasteiger partial charge is 0.317 e. The molecule has 1 saturated carbocycles. The number of nitrogens with zero attached hydrogens (tertiary/aromatic N) is 1. The fourth-order valence-corrected chi connectivity index (χ4v) is 3.01. The van der Waals surface area contributed by atoms with Crippen LogP contribution in [0, 0.1) is 5.92 Å². The van der Waals surface area contributed by atoms with Crippen LogP contribution in [0.15, 0.2) is 59.1 Å². The molecule has 1 unspecified atom stereocenters. The number of carbonyl (C=O) groups excluding carboxylic acids is 1. The molecule has 2 amide bonds. The van der Waals surface area contributed by atoms with Gasteiger partial charge in [-0.25, -0.2) is 4.79 Å². The van der Waals surface area contributed by atoms with E-state index < -0.39 is 0 Å². The number of carbonyl (C=O) groups is 1. The first-order valence-electron chi connectivity index (χ1n) is 8.00. The SMILES string of the molecule is CC(C1CC1)N(Cc1ccccc1)C(=O)Nc1ccc(Br)cc1.